The maximum atomic E-state index is 9.54. The molecule has 0 radical (unpaired) electrons. The molecule has 1 fully saturated rings. The smallest absolute Gasteiger partial charge is 0.0702 e. The molecule has 100 valence electrons. The molecule has 1 aliphatic heterocycles. The Morgan fingerprint density at radius 3 is 2.78 bits per heavy atom. The molecule has 1 saturated heterocycles. The molecular weight excluding hydrogens is 244 g/mol. The highest BCUT2D eigenvalue weighted by Crippen LogP contribution is 2.27. The number of thioether (sulfide) groups is 1. The van der Waals surface area contributed by atoms with E-state index < -0.39 is 0 Å². The van der Waals surface area contributed by atoms with Crippen LogP contribution in [-0.4, -0.2) is 49.0 Å². The van der Waals surface area contributed by atoms with Crippen molar-refractivity contribution in [3.63, 3.8) is 0 Å². The lowest BCUT2D eigenvalue weighted by Crippen LogP contribution is -2.50. The number of aliphatic hydroxyl groups excluding tert-OH is 1. The van der Waals surface area contributed by atoms with Crippen LogP contribution < -0.4 is 4.90 Å². The highest BCUT2D eigenvalue weighted by Gasteiger charge is 2.22. The van der Waals surface area contributed by atoms with Crippen molar-refractivity contribution in [3.8, 4) is 0 Å². The molecule has 18 heavy (non-hydrogen) atoms. The van der Waals surface area contributed by atoms with Gasteiger partial charge in [0.15, 0.2) is 0 Å². The van der Waals surface area contributed by atoms with E-state index in [1.165, 1.54) is 10.6 Å². The largest absolute Gasteiger partial charge is 0.392 e. The maximum absolute atomic E-state index is 9.54. The third-order valence-electron chi connectivity index (χ3n) is 3.76. The van der Waals surface area contributed by atoms with Gasteiger partial charge in [-0.3, -0.25) is 0 Å². The average Bonchev–Trinajstić information content (AvgIpc) is 2.41. The number of hydrogen-bond acceptors (Lipinski definition) is 4. The summed E-state index contributed by atoms with van der Waals surface area (Å²) in [5, 5.41) is 9.54. The van der Waals surface area contributed by atoms with Crippen molar-refractivity contribution in [1.29, 1.82) is 0 Å². The first kappa shape index (κ1) is 13.7. The molecule has 1 aromatic carbocycles. The fourth-order valence-electron chi connectivity index (χ4n) is 2.39. The molecule has 4 heteroatoms. The predicted molar refractivity (Wildman–Crippen MR) is 78.5 cm³/mol. The Morgan fingerprint density at radius 2 is 2.17 bits per heavy atom. The van der Waals surface area contributed by atoms with Crippen molar-refractivity contribution in [1.82, 2.24) is 4.90 Å². The van der Waals surface area contributed by atoms with Gasteiger partial charge in [0.2, 0.25) is 0 Å². The Balaban J connectivity index is 2.22. The minimum absolute atomic E-state index is 0.116. The Kier molecular flexibility index (Phi) is 4.54. The SMILES string of the molecule is CSc1ccc(N2CCN(C)[C@H](C)C2)c(CO)c1. The van der Waals surface area contributed by atoms with Crippen LogP contribution in [0, 0.1) is 0 Å². The molecule has 1 aromatic rings. The summed E-state index contributed by atoms with van der Waals surface area (Å²) in [6.45, 7) is 5.51. The minimum atomic E-state index is 0.116. The van der Waals surface area contributed by atoms with Crippen molar-refractivity contribution >= 4 is 17.4 Å². The molecule has 0 saturated carbocycles. The molecule has 1 aliphatic rings. The second-order valence-electron chi connectivity index (χ2n) is 4.93. The van der Waals surface area contributed by atoms with Gasteiger partial charge in [0.25, 0.3) is 0 Å². The summed E-state index contributed by atoms with van der Waals surface area (Å²) < 4.78 is 0. The van der Waals surface area contributed by atoms with Gasteiger partial charge in [0.05, 0.1) is 6.61 Å². The zero-order valence-electron chi connectivity index (χ0n) is 11.4. The van der Waals surface area contributed by atoms with Crippen molar-refractivity contribution in [2.24, 2.45) is 0 Å². The van der Waals surface area contributed by atoms with Crippen molar-refractivity contribution < 1.29 is 5.11 Å². The number of piperazine rings is 1. The predicted octanol–water partition coefficient (Wildman–Crippen LogP) is 2.04. The number of anilines is 1. The van der Waals surface area contributed by atoms with Crippen LogP contribution in [0.5, 0.6) is 0 Å². The van der Waals surface area contributed by atoms with Gasteiger partial charge in [-0.15, -0.1) is 11.8 Å². The van der Waals surface area contributed by atoms with Gasteiger partial charge in [-0.1, -0.05) is 0 Å². The van der Waals surface area contributed by atoms with Crippen LogP contribution in [0.3, 0.4) is 0 Å². The third kappa shape index (κ3) is 2.82. The normalized spacial score (nSPS) is 21.3. The van der Waals surface area contributed by atoms with Gasteiger partial charge in [-0.2, -0.15) is 0 Å². The fourth-order valence-corrected chi connectivity index (χ4v) is 2.86. The van der Waals surface area contributed by atoms with Gasteiger partial charge in [0.1, 0.15) is 0 Å². The molecule has 0 spiro atoms. The molecular formula is C14H22N2OS. The zero-order chi connectivity index (χ0) is 13.1. The van der Waals surface area contributed by atoms with E-state index in [1.807, 2.05) is 0 Å². The van der Waals surface area contributed by atoms with Crippen molar-refractivity contribution in [2.45, 2.75) is 24.5 Å². The van der Waals surface area contributed by atoms with Gasteiger partial charge in [-0.05, 0) is 38.4 Å². The standard InChI is InChI=1S/C14H22N2OS/c1-11-9-16(7-6-15(11)2)14-5-4-13(18-3)8-12(14)10-17/h4-5,8,11,17H,6-7,9-10H2,1-3H3/t11-/m1/s1. The number of benzene rings is 1. The molecule has 0 bridgehead atoms. The molecule has 1 N–H and O–H groups in total. The van der Waals surface area contributed by atoms with Crippen molar-refractivity contribution in [3.05, 3.63) is 23.8 Å². The molecule has 3 nitrogen and oxygen atoms in total. The van der Waals surface area contributed by atoms with Gasteiger partial charge < -0.3 is 14.9 Å². The number of likely N-dealkylation sites (N-methyl/N-ethyl adjacent to an activating group) is 1. The van der Waals surface area contributed by atoms with Crippen LogP contribution in [0.1, 0.15) is 12.5 Å². The lowest BCUT2D eigenvalue weighted by atomic mass is 10.1. The topological polar surface area (TPSA) is 26.7 Å². The van der Waals surface area contributed by atoms with E-state index in [0.717, 1.165) is 25.2 Å². The first-order chi connectivity index (χ1) is 8.65. The van der Waals surface area contributed by atoms with Crippen LogP contribution in [0.2, 0.25) is 0 Å². The Bertz CT molecular complexity index is 411. The quantitative estimate of drug-likeness (QED) is 0.847. The number of nitrogens with zero attached hydrogens (tertiary/aromatic N) is 2. The minimum Gasteiger partial charge on any atom is -0.392 e. The van der Waals surface area contributed by atoms with E-state index in [0.29, 0.717) is 6.04 Å². The summed E-state index contributed by atoms with van der Waals surface area (Å²) in [7, 11) is 2.17. The summed E-state index contributed by atoms with van der Waals surface area (Å²) in [6, 6.07) is 6.95. The Labute approximate surface area is 114 Å². The highest BCUT2D eigenvalue weighted by atomic mass is 32.2. The van der Waals surface area contributed by atoms with E-state index >= 15 is 0 Å². The number of hydrogen-bond donors (Lipinski definition) is 1. The van der Waals surface area contributed by atoms with Gasteiger partial charge >= 0.3 is 0 Å². The lowest BCUT2D eigenvalue weighted by Gasteiger charge is -2.39. The molecule has 0 unspecified atom stereocenters. The van der Waals surface area contributed by atoms with Crippen molar-refractivity contribution in [2.75, 3.05) is 37.8 Å². The molecule has 0 amide bonds. The molecule has 1 heterocycles. The van der Waals surface area contributed by atoms with Gasteiger partial charge in [0, 0.05) is 41.8 Å². The van der Waals surface area contributed by atoms with Crippen LogP contribution in [0.25, 0.3) is 0 Å². The van der Waals surface area contributed by atoms with Crippen LogP contribution in [0.15, 0.2) is 23.1 Å². The highest BCUT2D eigenvalue weighted by molar-refractivity contribution is 7.98. The molecule has 0 aliphatic carbocycles. The average molecular weight is 266 g/mol. The van der Waals surface area contributed by atoms with E-state index in [2.05, 4.69) is 48.2 Å². The van der Waals surface area contributed by atoms with E-state index in [1.54, 1.807) is 11.8 Å². The van der Waals surface area contributed by atoms with Crippen LogP contribution in [0.4, 0.5) is 5.69 Å². The van der Waals surface area contributed by atoms with Crippen LogP contribution in [-0.2, 0) is 6.61 Å². The van der Waals surface area contributed by atoms with E-state index in [9.17, 15) is 5.11 Å². The third-order valence-corrected chi connectivity index (χ3v) is 4.48. The van der Waals surface area contributed by atoms with Gasteiger partial charge in [-0.25, -0.2) is 0 Å². The molecule has 2 rings (SSSR count). The molecule has 0 aromatic heterocycles. The lowest BCUT2D eigenvalue weighted by molar-refractivity contribution is 0.233. The first-order valence-electron chi connectivity index (χ1n) is 6.38. The monoisotopic (exact) mass is 266 g/mol. The zero-order valence-corrected chi connectivity index (χ0v) is 12.2. The summed E-state index contributed by atoms with van der Waals surface area (Å²) in [4.78, 5) is 5.98. The maximum Gasteiger partial charge on any atom is 0.0702 e. The first-order valence-corrected chi connectivity index (χ1v) is 7.61. The second kappa shape index (κ2) is 5.95. The Hall–Kier alpha value is -0.710. The summed E-state index contributed by atoms with van der Waals surface area (Å²) in [5.41, 5.74) is 2.23. The second-order valence-corrected chi connectivity index (χ2v) is 5.81. The van der Waals surface area contributed by atoms with E-state index in [4.69, 9.17) is 0 Å². The fraction of sp³-hybridized carbons (Fsp3) is 0.571. The molecule has 1 atom stereocenters. The number of aliphatic hydroxyl groups is 1. The van der Waals surface area contributed by atoms with Crippen LogP contribution >= 0.6 is 11.8 Å². The Morgan fingerprint density at radius 1 is 1.39 bits per heavy atom. The summed E-state index contributed by atoms with van der Waals surface area (Å²) in [5.74, 6) is 0. The van der Waals surface area contributed by atoms with E-state index in [-0.39, 0.29) is 6.61 Å². The summed E-state index contributed by atoms with van der Waals surface area (Å²) in [6.07, 6.45) is 2.06. The number of rotatable bonds is 3. The summed E-state index contributed by atoms with van der Waals surface area (Å²) >= 11 is 1.72.